The summed E-state index contributed by atoms with van der Waals surface area (Å²) >= 11 is 0. The van der Waals surface area contributed by atoms with Crippen LogP contribution in [-0.2, 0) is 11.3 Å². The predicted octanol–water partition coefficient (Wildman–Crippen LogP) is 4.61. The number of para-hydroxylation sites is 3. The Bertz CT molecular complexity index is 1400. The second-order valence-electron chi connectivity index (χ2n) is 8.07. The fourth-order valence-corrected chi connectivity index (χ4v) is 3.81. The molecule has 0 radical (unpaired) electrons. The van der Waals surface area contributed by atoms with Gasteiger partial charge in [0.2, 0.25) is 0 Å². The highest BCUT2D eigenvalue weighted by Gasteiger charge is 2.18. The van der Waals surface area contributed by atoms with Crippen molar-refractivity contribution in [3.8, 4) is 5.75 Å². The number of hydrogen-bond acceptors (Lipinski definition) is 7. The molecule has 0 aliphatic rings. The first-order valence-electron chi connectivity index (χ1n) is 11.5. The Balaban J connectivity index is 1.41. The Hall–Kier alpha value is -4.66. The molecule has 0 fully saturated rings. The van der Waals surface area contributed by atoms with Crippen LogP contribution in [0.15, 0.2) is 94.1 Å². The van der Waals surface area contributed by atoms with Crippen molar-refractivity contribution in [3.63, 3.8) is 0 Å². The monoisotopic (exact) mass is 487 g/mol. The summed E-state index contributed by atoms with van der Waals surface area (Å²) in [6, 6.07) is 24.2. The molecule has 1 amide bonds. The molecule has 0 atom stereocenters. The Morgan fingerprint density at radius 2 is 1.72 bits per heavy atom. The van der Waals surface area contributed by atoms with Crippen LogP contribution in [0.5, 0.6) is 5.75 Å². The van der Waals surface area contributed by atoms with E-state index in [-0.39, 0.29) is 24.0 Å². The van der Waals surface area contributed by atoms with E-state index in [1.54, 1.807) is 29.2 Å². The molecule has 4 aromatic rings. The largest absolute Gasteiger partial charge is 0.477 e. The van der Waals surface area contributed by atoms with Gasteiger partial charge in [0.1, 0.15) is 5.58 Å². The quantitative estimate of drug-likeness (QED) is 0.142. The second-order valence-corrected chi connectivity index (χ2v) is 8.07. The molecule has 3 aromatic carbocycles. The Morgan fingerprint density at radius 3 is 2.53 bits per heavy atom. The van der Waals surface area contributed by atoms with Gasteiger partial charge in [-0.2, -0.15) is 0 Å². The number of fused-ring (bicyclic) bond motifs is 1. The van der Waals surface area contributed by atoms with E-state index in [0.29, 0.717) is 37.3 Å². The van der Waals surface area contributed by atoms with Crippen LogP contribution in [0.3, 0.4) is 0 Å². The average Bonchev–Trinajstić information content (AvgIpc) is 2.89. The van der Waals surface area contributed by atoms with E-state index in [9.17, 15) is 19.7 Å². The van der Waals surface area contributed by atoms with Gasteiger partial charge in [-0.15, -0.1) is 0 Å². The van der Waals surface area contributed by atoms with Gasteiger partial charge in [-0.25, -0.2) is 4.79 Å². The van der Waals surface area contributed by atoms with Gasteiger partial charge in [-0.1, -0.05) is 54.6 Å². The normalized spacial score (nSPS) is 10.7. The Labute approximate surface area is 207 Å². The number of nitro benzene ring substituents is 1. The zero-order chi connectivity index (χ0) is 25.3. The molecule has 4 rings (SSSR count). The maximum Gasteiger partial charge on any atom is 0.338 e. The van der Waals surface area contributed by atoms with Crippen molar-refractivity contribution in [3.05, 3.63) is 111 Å². The van der Waals surface area contributed by atoms with Crippen molar-refractivity contribution in [2.45, 2.75) is 13.0 Å². The lowest BCUT2D eigenvalue weighted by Crippen LogP contribution is -2.36. The standard InChI is InChI=1S/C27H25N3O6/c31-26(19-35-25-14-7-5-12-23(25)30(33)34)29(18-20-9-2-1-3-10-20)16-8-15-28-22-17-27(32)36-24-13-6-4-11-21(22)24/h1-7,9-14,17,28H,8,15-16,18-19H2. The summed E-state index contributed by atoms with van der Waals surface area (Å²) in [5, 5.41) is 15.3. The van der Waals surface area contributed by atoms with E-state index in [0.717, 1.165) is 10.9 Å². The molecule has 0 aliphatic heterocycles. The minimum Gasteiger partial charge on any atom is -0.477 e. The minimum atomic E-state index is -0.541. The molecule has 36 heavy (non-hydrogen) atoms. The zero-order valence-corrected chi connectivity index (χ0v) is 19.5. The van der Waals surface area contributed by atoms with Crippen LogP contribution < -0.4 is 15.7 Å². The summed E-state index contributed by atoms with van der Waals surface area (Å²) in [5.74, 6) is -0.241. The van der Waals surface area contributed by atoms with Gasteiger partial charge in [0, 0.05) is 37.2 Å². The molecule has 0 spiro atoms. The molecule has 0 saturated carbocycles. The number of rotatable bonds is 11. The number of benzene rings is 3. The molecule has 1 aromatic heterocycles. The van der Waals surface area contributed by atoms with Gasteiger partial charge in [0.15, 0.2) is 12.4 Å². The van der Waals surface area contributed by atoms with Crippen molar-refractivity contribution in [1.29, 1.82) is 0 Å². The first kappa shape index (κ1) is 24.5. The van der Waals surface area contributed by atoms with Gasteiger partial charge >= 0.3 is 11.3 Å². The lowest BCUT2D eigenvalue weighted by atomic mass is 10.2. The highest BCUT2D eigenvalue weighted by atomic mass is 16.6. The number of hydrogen-bond donors (Lipinski definition) is 1. The zero-order valence-electron chi connectivity index (χ0n) is 19.5. The van der Waals surface area contributed by atoms with Gasteiger partial charge < -0.3 is 19.4 Å². The van der Waals surface area contributed by atoms with E-state index < -0.39 is 10.5 Å². The number of nitrogens with one attached hydrogen (secondary N) is 1. The first-order chi connectivity index (χ1) is 17.5. The molecule has 0 aliphatic carbocycles. The van der Waals surface area contributed by atoms with Crippen LogP contribution in [0.25, 0.3) is 11.0 Å². The lowest BCUT2D eigenvalue weighted by Gasteiger charge is -2.23. The van der Waals surface area contributed by atoms with Crippen molar-refractivity contribution in [2.75, 3.05) is 25.0 Å². The molecule has 9 nitrogen and oxygen atoms in total. The third-order valence-corrected chi connectivity index (χ3v) is 5.55. The molecule has 9 heteroatoms. The van der Waals surface area contributed by atoms with E-state index in [4.69, 9.17) is 9.15 Å². The third kappa shape index (κ3) is 6.26. The SMILES string of the molecule is O=C(COc1ccccc1[N+](=O)[O-])N(CCCNc1cc(=O)oc2ccccc12)Cc1ccccc1. The molecule has 184 valence electrons. The molecule has 1 heterocycles. The molecular formula is C27H25N3O6. The fraction of sp³-hybridized carbons (Fsp3) is 0.185. The average molecular weight is 488 g/mol. The topological polar surface area (TPSA) is 115 Å². The maximum atomic E-state index is 13.0. The number of nitrogens with zero attached hydrogens (tertiary/aromatic N) is 2. The molecule has 0 bridgehead atoms. The number of anilines is 1. The minimum absolute atomic E-state index is 0.0481. The number of amides is 1. The van der Waals surface area contributed by atoms with Crippen LogP contribution in [-0.4, -0.2) is 35.4 Å². The van der Waals surface area contributed by atoms with Crippen molar-refractivity contribution in [2.24, 2.45) is 0 Å². The summed E-state index contributed by atoms with van der Waals surface area (Å²) < 4.78 is 10.7. The van der Waals surface area contributed by atoms with Crippen LogP contribution in [0.1, 0.15) is 12.0 Å². The predicted molar refractivity (Wildman–Crippen MR) is 136 cm³/mol. The highest BCUT2D eigenvalue weighted by Crippen LogP contribution is 2.26. The Morgan fingerprint density at radius 1 is 1.00 bits per heavy atom. The number of carbonyl (C=O) groups excluding carboxylic acids is 1. The van der Waals surface area contributed by atoms with E-state index >= 15 is 0 Å². The highest BCUT2D eigenvalue weighted by molar-refractivity contribution is 5.89. The number of ether oxygens (including phenoxy) is 1. The number of carbonyl (C=O) groups is 1. The number of nitro groups is 1. The second kappa shape index (κ2) is 11.7. The van der Waals surface area contributed by atoms with E-state index in [2.05, 4.69) is 5.32 Å². The molecule has 1 N–H and O–H groups in total. The van der Waals surface area contributed by atoms with Crippen LogP contribution in [0.4, 0.5) is 11.4 Å². The van der Waals surface area contributed by atoms with Crippen molar-refractivity contribution < 1.29 is 18.9 Å². The van der Waals surface area contributed by atoms with E-state index in [1.165, 1.54) is 18.2 Å². The van der Waals surface area contributed by atoms with Crippen LogP contribution in [0, 0.1) is 10.1 Å². The first-order valence-corrected chi connectivity index (χ1v) is 11.5. The summed E-state index contributed by atoms with van der Waals surface area (Å²) in [6.07, 6.45) is 0.596. The molecular weight excluding hydrogens is 462 g/mol. The van der Waals surface area contributed by atoms with Gasteiger partial charge in [-0.3, -0.25) is 14.9 Å². The van der Waals surface area contributed by atoms with Gasteiger partial charge in [0.05, 0.1) is 10.6 Å². The van der Waals surface area contributed by atoms with Crippen molar-refractivity contribution >= 4 is 28.3 Å². The molecule has 0 saturated heterocycles. The summed E-state index contributed by atoms with van der Waals surface area (Å²) in [5.41, 5.74) is 1.49. The summed E-state index contributed by atoms with van der Waals surface area (Å²) in [6.45, 7) is 0.977. The smallest absolute Gasteiger partial charge is 0.338 e. The van der Waals surface area contributed by atoms with Gasteiger partial charge in [0.25, 0.3) is 5.91 Å². The van der Waals surface area contributed by atoms with E-state index in [1.807, 2.05) is 42.5 Å². The van der Waals surface area contributed by atoms with Gasteiger partial charge in [-0.05, 0) is 30.2 Å². The lowest BCUT2D eigenvalue weighted by molar-refractivity contribution is -0.385. The maximum absolute atomic E-state index is 13.0. The third-order valence-electron chi connectivity index (χ3n) is 5.55. The summed E-state index contributed by atoms with van der Waals surface area (Å²) in [7, 11) is 0. The Kier molecular flexibility index (Phi) is 7.92. The van der Waals surface area contributed by atoms with Crippen LogP contribution in [0.2, 0.25) is 0 Å². The summed E-state index contributed by atoms with van der Waals surface area (Å²) in [4.78, 5) is 37.3. The molecule has 0 unspecified atom stereocenters. The fourth-order valence-electron chi connectivity index (χ4n) is 3.81. The van der Waals surface area contributed by atoms with Crippen molar-refractivity contribution in [1.82, 2.24) is 4.90 Å². The van der Waals surface area contributed by atoms with Crippen LogP contribution >= 0.6 is 0 Å².